The summed E-state index contributed by atoms with van der Waals surface area (Å²) in [4.78, 5) is 0. The van der Waals surface area contributed by atoms with Gasteiger partial charge < -0.3 is 10.8 Å². The van der Waals surface area contributed by atoms with Gasteiger partial charge in [0.25, 0.3) is 0 Å². The molecule has 3 N–H and O–H groups in total. The molecule has 1 aliphatic carbocycles. The third-order valence-corrected chi connectivity index (χ3v) is 3.23. The summed E-state index contributed by atoms with van der Waals surface area (Å²) in [5.41, 5.74) is 6.94. The summed E-state index contributed by atoms with van der Waals surface area (Å²) in [6.45, 7) is 0.184. The second-order valence-corrected chi connectivity index (χ2v) is 4.55. The molecule has 0 aromatic heterocycles. The van der Waals surface area contributed by atoms with Gasteiger partial charge in [-0.15, -0.1) is 0 Å². The van der Waals surface area contributed by atoms with Crippen molar-refractivity contribution < 1.29 is 5.11 Å². The molecule has 0 heterocycles. The van der Waals surface area contributed by atoms with E-state index in [1.54, 1.807) is 0 Å². The van der Waals surface area contributed by atoms with Gasteiger partial charge in [0.2, 0.25) is 0 Å². The van der Waals surface area contributed by atoms with Crippen molar-refractivity contribution >= 4 is 15.9 Å². The Kier molecular flexibility index (Phi) is 2.18. The van der Waals surface area contributed by atoms with Gasteiger partial charge in [0.15, 0.2) is 0 Å². The first-order valence-electron chi connectivity index (χ1n) is 4.32. The molecule has 0 spiro atoms. The van der Waals surface area contributed by atoms with Gasteiger partial charge >= 0.3 is 0 Å². The molecule has 3 heteroatoms. The quantitative estimate of drug-likeness (QED) is 0.827. The Morgan fingerprint density at radius 2 is 2.38 bits per heavy atom. The van der Waals surface area contributed by atoms with Crippen LogP contribution in [0, 0.1) is 5.92 Å². The molecule has 1 fully saturated rings. The number of benzene rings is 1. The van der Waals surface area contributed by atoms with E-state index < -0.39 is 0 Å². The van der Waals surface area contributed by atoms with E-state index in [4.69, 9.17) is 10.8 Å². The number of nitrogens with two attached hydrogens (primary N) is 1. The van der Waals surface area contributed by atoms with E-state index in [2.05, 4.69) is 15.9 Å². The molecular formula is C10H12BrNO. The molecule has 0 amide bonds. The Morgan fingerprint density at radius 3 is 2.92 bits per heavy atom. The maximum Gasteiger partial charge on any atom is 0.0480 e. The highest BCUT2D eigenvalue weighted by molar-refractivity contribution is 9.10. The third-order valence-electron chi connectivity index (χ3n) is 2.74. The lowest BCUT2D eigenvalue weighted by Gasteiger charge is -2.11. The Bertz CT molecular complexity index is 328. The average molecular weight is 242 g/mol. The van der Waals surface area contributed by atoms with Gasteiger partial charge in [-0.2, -0.15) is 0 Å². The molecule has 0 radical (unpaired) electrons. The predicted octanol–water partition coefficient (Wildman–Crippen LogP) is 1.62. The fourth-order valence-electron chi connectivity index (χ4n) is 1.71. The monoisotopic (exact) mass is 241 g/mol. The zero-order chi connectivity index (χ0) is 9.47. The van der Waals surface area contributed by atoms with Gasteiger partial charge in [-0.05, 0) is 24.1 Å². The van der Waals surface area contributed by atoms with Crippen molar-refractivity contribution in [3.63, 3.8) is 0 Å². The number of rotatable bonds is 2. The van der Waals surface area contributed by atoms with Gasteiger partial charge in [-0.1, -0.05) is 28.1 Å². The summed E-state index contributed by atoms with van der Waals surface area (Å²) < 4.78 is 1.04. The van der Waals surface area contributed by atoms with Crippen LogP contribution in [0.4, 0.5) is 0 Å². The molecule has 1 saturated carbocycles. The van der Waals surface area contributed by atoms with Gasteiger partial charge in [-0.3, -0.25) is 0 Å². The molecule has 1 aliphatic rings. The van der Waals surface area contributed by atoms with Gasteiger partial charge in [0, 0.05) is 22.5 Å². The molecule has 0 saturated heterocycles. The number of halogens is 1. The first-order chi connectivity index (χ1) is 6.16. The first kappa shape index (κ1) is 9.19. The predicted molar refractivity (Wildman–Crippen MR) is 55.2 cm³/mol. The summed E-state index contributed by atoms with van der Waals surface area (Å²) in [7, 11) is 0. The maximum atomic E-state index is 8.98. The van der Waals surface area contributed by atoms with Crippen LogP contribution in [-0.4, -0.2) is 11.7 Å². The van der Waals surface area contributed by atoms with Crippen LogP contribution in [-0.2, 0) is 5.54 Å². The summed E-state index contributed by atoms with van der Waals surface area (Å²) >= 11 is 3.41. The van der Waals surface area contributed by atoms with Crippen molar-refractivity contribution in [2.45, 2.75) is 12.0 Å². The van der Waals surface area contributed by atoms with Crippen LogP contribution in [0.1, 0.15) is 12.0 Å². The van der Waals surface area contributed by atoms with Crippen LogP contribution in [0.5, 0.6) is 0 Å². The number of hydrogen-bond donors (Lipinski definition) is 2. The largest absolute Gasteiger partial charge is 0.396 e. The van der Waals surface area contributed by atoms with E-state index in [0.29, 0.717) is 0 Å². The Labute approximate surface area is 85.9 Å². The molecule has 13 heavy (non-hydrogen) atoms. The highest BCUT2D eigenvalue weighted by Crippen LogP contribution is 2.49. The normalized spacial score (nSPS) is 31.8. The molecule has 0 aliphatic heterocycles. The molecular weight excluding hydrogens is 230 g/mol. The van der Waals surface area contributed by atoms with Crippen LogP contribution in [0.2, 0.25) is 0 Å². The van der Waals surface area contributed by atoms with E-state index in [1.807, 2.05) is 24.3 Å². The molecule has 1 aromatic rings. The van der Waals surface area contributed by atoms with E-state index >= 15 is 0 Å². The third kappa shape index (κ3) is 1.52. The minimum Gasteiger partial charge on any atom is -0.396 e. The first-order valence-corrected chi connectivity index (χ1v) is 5.12. The number of aliphatic hydroxyl groups is 1. The van der Waals surface area contributed by atoms with E-state index in [-0.39, 0.29) is 18.1 Å². The lowest BCUT2D eigenvalue weighted by atomic mass is 10.0. The fourth-order valence-corrected chi connectivity index (χ4v) is 2.11. The van der Waals surface area contributed by atoms with Crippen molar-refractivity contribution in [2.75, 3.05) is 6.61 Å². The van der Waals surface area contributed by atoms with Crippen LogP contribution >= 0.6 is 15.9 Å². The number of hydrogen-bond acceptors (Lipinski definition) is 2. The standard InChI is InChI=1S/C10H12BrNO/c11-9-3-1-2-7(4-9)10(12)5-8(10)6-13/h1-4,8,13H,5-6,12H2. The molecule has 2 atom stereocenters. The Hall–Kier alpha value is -0.380. The lowest BCUT2D eigenvalue weighted by molar-refractivity contribution is 0.264. The average Bonchev–Trinajstić information content (AvgIpc) is 2.79. The van der Waals surface area contributed by atoms with Crippen molar-refractivity contribution in [2.24, 2.45) is 11.7 Å². The maximum absolute atomic E-state index is 8.98. The second kappa shape index (κ2) is 3.08. The second-order valence-electron chi connectivity index (χ2n) is 3.63. The lowest BCUT2D eigenvalue weighted by Crippen LogP contribution is -2.23. The van der Waals surface area contributed by atoms with Gasteiger partial charge in [-0.25, -0.2) is 0 Å². The van der Waals surface area contributed by atoms with Gasteiger partial charge in [0.1, 0.15) is 0 Å². The van der Waals surface area contributed by atoms with E-state index in [9.17, 15) is 0 Å². The molecule has 70 valence electrons. The van der Waals surface area contributed by atoms with Crippen molar-refractivity contribution in [3.05, 3.63) is 34.3 Å². The zero-order valence-corrected chi connectivity index (χ0v) is 8.79. The SMILES string of the molecule is NC1(c2cccc(Br)c2)CC1CO. The molecule has 2 rings (SSSR count). The summed E-state index contributed by atoms with van der Waals surface area (Å²) in [6.07, 6.45) is 0.889. The summed E-state index contributed by atoms with van der Waals surface area (Å²) in [5, 5.41) is 8.98. The molecule has 0 bridgehead atoms. The molecule has 2 nitrogen and oxygen atoms in total. The van der Waals surface area contributed by atoms with Crippen molar-refractivity contribution in [1.82, 2.24) is 0 Å². The minimum absolute atomic E-state index is 0.184. The van der Waals surface area contributed by atoms with Crippen LogP contribution in [0.25, 0.3) is 0 Å². The van der Waals surface area contributed by atoms with E-state index in [1.165, 1.54) is 0 Å². The van der Waals surface area contributed by atoms with Gasteiger partial charge in [0.05, 0.1) is 0 Å². The highest BCUT2D eigenvalue weighted by atomic mass is 79.9. The Morgan fingerprint density at radius 1 is 1.62 bits per heavy atom. The summed E-state index contributed by atoms with van der Waals surface area (Å²) in [6, 6.07) is 7.99. The summed E-state index contributed by atoms with van der Waals surface area (Å²) in [5.74, 6) is 0.238. The topological polar surface area (TPSA) is 46.2 Å². The molecule has 2 unspecified atom stereocenters. The van der Waals surface area contributed by atoms with Crippen LogP contribution in [0.15, 0.2) is 28.7 Å². The van der Waals surface area contributed by atoms with Crippen LogP contribution in [0.3, 0.4) is 0 Å². The zero-order valence-electron chi connectivity index (χ0n) is 7.20. The minimum atomic E-state index is -0.279. The van der Waals surface area contributed by atoms with E-state index in [0.717, 1.165) is 16.5 Å². The smallest absolute Gasteiger partial charge is 0.0480 e. The highest BCUT2D eigenvalue weighted by Gasteiger charge is 2.51. The Balaban J connectivity index is 2.27. The van der Waals surface area contributed by atoms with Crippen molar-refractivity contribution in [3.8, 4) is 0 Å². The van der Waals surface area contributed by atoms with Crippen LogP contribution < -0.4 is 5.73 Å². The van der Waals surface area contributed by atoms with Crippen molar-refractivity contribution in [1.29, 1.82) is 0 Å². The fraction of sp³-hybridized carbons (Fsp3) is 0.400. The molecule has 1 aromatic carbocycles. The number of aliphatic hydroxyl groups excluding tert-OH is 1.